The molecule has 9 nitrogen and oxygen atoms in total. The van der Waals surface area contributed by atoms with Crippen LogP contribution in [-0.2, 0) is 26.2 Å². The molecular formula is C30H42ClN3O6S. The molecule has 1 aliphatic carbocycles. The van der Waals surface area contributed by atoms with Crippen molar-refractivity contribution in [2.75, 3.05) is 31.3 Å². The lowest BCUT2D eigenvalue weighted by atomic mass is 9.95. The van der Waals surface area contributed by atoms with Crippen LogP contribution in [0.4, 0.5) is 5.69 Å². The van der Waals surface area contributed by atoms with E-state index in [9.17, 15) is 18.0 Å². The molecule has 226 valence electrons. The molecule has 1 N–H and O–H groups in total. The Hall–Kier alpha value is -2.98. The van der Waals surface area contributed by atoms with Gasteiger partial charge in [0.05, 0.1) is 31.2 Å². The fraction of sp³-hybridized carbons (Fsp3) is 0.533. The highest BCUT2D eigenvalue weighted by Crippen LogP contribution is 2.30. The normalized spacial score (nSPS) is 14.7. The number of halogens is 1. The standard InChI is InChI=1S/C30H42ClN3O6S/c1-5-27(30(36)32-23-10-7-6-8-11-23)33(21-22-13-16-25(39-2)17-14-22)29(35)12-9-19-34(41(4,37)38)24-15-18-28(40-3)26(31)20-24/h13-18,20,23,27H,5-12,19,21H2,1-4H3,(H,32,36)/t27-/m1/s1. The highest BCUT2D eigenvalue weighted by molar-refractivity contribution is 7.92. The van der Waals surface area contributed by atoms with Crippen molar-refractivity contribution in [2.45, 2.75) is 76.9 Å². The lowest BCUT2D eigenvalue weighted by molar-refractivity contribution is -0.141. The second kappa shape index (κ2) is 15.3. The van der Waals surface area contributed by atoms with Crippen LogP contribution < -0.4 is 19.1 Å². The number of amides is 2. The zero-order chi connectivity index (χ0) is 30.0. The molecule has 0 radical (unpaired) electrons. The number of nitrogens with one attached hydrogen (secondary N) is 1. The Morgan fingerprint density at radius 2 is 1.73 bits per heavy atom. The number of carbonyl (C=O) groups is 2. The van der Waals surface area contributed by atoms with Crippen LogP contribution in [0.25, 0.3) is 0 Å². The van der Waals surface area contributed by atoms with Gasteiger partial charge in [-0.25, -0.2) is 8.42 Å². The van der Waals surface area contributed by atoms with E-state index >= 15 is 0 Å². The summed E-state index contributed by atoms with van der Waals surface area (Å²) in [6, 6.07) is 11.6. The molecule has 1 atom stereocenters. The molecule has 2 aromatic carbocycles. The van der Waals surface area contributed by atoms with Gasteiger partial charge in [-0.15, -0.1) is 0 Å². The number of anilines is 1. The molecule has 1 aliphatic rings. The average molecular weight is 608 g/mol. The summed E-state index contributed by atoms with van der Waals surface area (Å²) >= 11 is 6.24. The molecule has 0 spiro atoms. The first-order chi connectivity index (χ1) is 19.6. The highest BCUT2D eigenvalue weighted by Gasteiger charge is 2.30. The minimum Gasteiger partial charge on any atom is -0.497 e. The lowest BCUT2D eigenvalue weighted by Gasteiger charge is -2.33. The Labute approximate surface area is 249 Å². The SMILES string of the molecule is CC[C@H](C(=O)NC1CCCCC1)N(Cc1ccc(OC)cc1)C(=O)CCCN(c1ccc(OC)c(Cl)c1)S(C)(=O)=O. The number of methoxy groups -OCH3 is 2. The third-order valence-electron chi connectivity index (χ3n) is 7.42. The monoisotopic (exact) mass is 607 g/mol. The molecule has 2 aromatic rings. The second-order valence-electron chi connectivity index (χ2n) is 10.4. The van der Waals surface area contributed by atoms with E-state index in [1.165, 1.54) is 23.9 Å². The number of rotatable bonds is 14. The number of ether oxygens (including phenoxy) is 2. The highest BCUT2D eigenvalue weighted by atomic mass is 35.5. The fourth-order valence-corrected chi connectivity index (χ4v) is 6.41. The molecule has 3 rings (SSSR count). The fourth-order valence-electron chi connectivity index (χ4n) is 5.21. The van der Waals surface area contributed by atoms with Crippen molar-refractivity contribution in [2.24, 2.45) is 0 Å². The topological polar surface area (TPSA) is 105 Å². The van der Waals surface area contributed by atoms with Crippen LogP contribution in [0.5, 0.6) is 11.5 Å². The summed E-state index contributed by atoms with van der Waals surface area (Å²) in [6.07, 6.45) is 7.16. The van der Waals surface area contributed by atoms with Crippen molar-refractivity contribution in [3.05, 3.63) is 53.1 Å². The third-order valence-corrected chi connectivity index (χ3v) is 8.91. The summed E-state index contributed by atoms with van der Waals surface area (Å²) in [5.41, 5.74) is 1.26. The number of hydrogen-bond acceptors (Lipinski definition) is 6. The molecule has 0 aliphatic heterocycles. The van der Waals surface area contributed by atoms with Crippen LogP contribution in [-0.4, -0.2) is 64.2 Å². The number of benzene rings is 2. The zero-order valence-corrected chi connectivity index (χ0v) is 26.0. The van der Waals surface area contributed by atoms with Crippen LogP contribution in [0.2, 0.25) is 5.02 Å². The first-order valence-electron chi connectivity index (χ1n) is 14.1. The molecule has 0 saturated heterocycles. The smallest absolute Gasteiger partial charge is 0.243 e. The maximum atomic E-state index is 13.7. The zero-order valence-electron chi connectivity index (χ0n) is 24.4. The van der Waals surface area contributed by atoms with E-state index < -0.39 is 16.1 Å². The van der Waals surface area contributed by atoms with Gasteiger partial charge in [-0.3, -0.25) is 13.9 Å². The summed E-state index contributed by atoms with van der Waals surface area (Å²) < 4.78 is 36.9. The first kappa shape index (κ1) is 32.5. The van der Waals surface area contributed by atoms with Gasteiger partial charge in [0, 0.05) is 25.6 Å². The van der Waals surface area contributed by atoms with Gasteiger partial charge in [-0.1, -0.05) is 49.9 Å². The van der Waals surface area contributed by atoms with E-state index in [2.05, 4.69) is 5.32 Å². The maximum absolute atomic E-state index is 13.7. The van der Waals surface area contributed by atoms with E-state index in [-0.39, 0.29) is 48.8 Å². The number of hydrogen-bond donors (Lipinski definition) is 1. The van der Waals surface area contributed by atoms with Gasteiger partial charge < -0.3 is 19.7 Å². The van der Waals surface area contributed by atoms with Crippen molar-refractivity contribution in [3.8, 4) is 11.5 Å². The van der Waals surface area contributed by atoms with Crippen LogP contribution in [0, 0.1) is 0 Å². The molecule has 0 heterocycles. The van der Waals surface area contributed by atoms with Crippen molar-refractivity contribution < 1.29 is 27.5 Å². The second-order valence-corrected chi connectivity index (χ2v) is 12.7. The third kappa shape index (κ3) is 9.26. The molecule has 0 bridgehead atoms. The Kier molecular flexibility index (Phi) is 12.1. The quantitative estimate of drug-likeness (QED) is 0.318. The van der Waals surface area contributed by atoms with Crippen LogP contribution in [0.3, 0.4) is 0 Å². The van der Waals surface area contributed by atoms with Crippen molar-refractivity contribution in [3.63, 3.8) is 0 Å². The number of sulfonamides is 1. The lowest BCUT2D eigenvalue weighted by Crippen LogP contribution is -2.51. The summed E-state index contributed by atoms with van der Waals surface area (Å²) in [4.78, 5) is 28.7. The average Bonchev–Trinajstić information content (AvgIpc) is 2.95. The predicted molar refractivity (Wildman–Crippen MR) is 162 cm³/mol. The number of carbonyl (C=O) groups excluding carboxylic acids is 2. The molecule has 2 amide bonds. The van der Waals surface area contributed by atoms with Gasteiger partial charge in [0.2, 0.25) is 21.8 Å². The molecule has 41 heavy (non-hydrogen) atoms. The molecular weight excluding hydrogens is 566 g/mol. The minimum absolute atomic E-state index is 0.0687. The van der Waals surface area contributed by atoms with Crippen LogP contribution >= 0.6 is 11.6 Å². The Balaban J connectivity index is 1.77. The summed E-state index contributed by atoms with van der Waals surface area (Å²) in [6.45, 7) is 2.23. The van der Waals surface area contributed by atoms with Gasteiger partial charge in [0.1, 0.15) is 17.5 Å². The minimum atomic E-state index is -3.65. The van der Waals surface area contributed by atoms with Gasteiger partial charge in [-0.2, -0.15) is 0 Å². The Morgan fingerprint density at radius 1 is 1.05 bits per heavy atom. The molecule has 0 unspecified atom stereocenters. The molecule has 0 aromatic heterocycles. The summed E-state index contributed by atoms with van der Waals surface area (Å²) in [7, 11) is -0.571. The summed E-state index contributed by atoms with van der Waals surface area (Å²) in [5, 5.41) is 3.46. The predicted octanol–water partition coefficient (Wildman–Crippen LogP) is 5.16. The van der Waals surface area contributed by atoms with Crippen molar-refractivity contribution >= 4 is 39.1 Å². The molecule has 1 fully saturated rings. The number of nitrogens with zero attached hydrogens (tertiary/aromatic N) is 2. The Morgan fingerprint density at radius 3 is 2.29 bits per heavy atom. The summed E-state index contributed by atoms with van der Waals surface area (Å²) in [5.74, 6) is 0.776. The van der Waals surface area contributed by atoms with Crippen molar-refractivity contribution in [1.82, 2.24) is 10.2 Å². The van der Waals surface area contributed by atoms with E-state index in [0.717, 1.165) is 37.5 Å². The van der Waals surface area contributed by atoms with Gasteiger partial charge in [0.15, 0.2) is 0 Å². The Bertz CT molecular complexity index is 1270. The van der Waals surface area contributed by atoms with Crippen molar-refractivity contribution in [1.29, 1.82) is 0 Å². The largest absolute Gasteiger partial charge is 0.497 e. The van der Waals surface area contributed by atoms with Gasteiger partial charge in [0.25, 0.3) is 0 Å². The van der Waals surface area contributed by atoms with E-state index in [1.54, 1.807) is 24.1 Å². The van der Waals surface area contributed by atoms with E-state index in [4.69, 9.17) is 21.1 Å². The van der Waals surface area contributed by atoms with Crippen LogP contribution in [0.1, 0.15) is 63.9 Å². The van der Waals surface area contributed by atoms with E-state index in [1.807, 2.05) is 31.2 Å². The first-order valence-corrected chi connectivity index (χ1v) is 16.3. The van der Waals surface area contributed by atoms with Crippen LogP contribution in [0.15, 0.2) is 42.5 Å². The van der Waals surface area contributed by atoms with E-state index in [0.29, 0.717) is 23.6 Å². The van der Waals surface area contributed by atoms with Gasteiger partial charge in [-0.05, 0) is 61.6 Å². The molecule has 1 saturated carbocycles. The maximum Gasteiger partial charge on any atom is 0.243 e. The molecule has 11 heteroatoms. The van der Waals surface area contributed by atoms with Gasteiger partial charge >= 0.3 is 0 Å².